The molecule has 0 bridgehead atoms. The van der Waals surface area contributed by atoms with Crippen LogP contribution in [-0.2, 0) is 0 Å². The smallest absolute Gasteiger partial charge is 0.391 e. The van der Waals surface area contributed by atoms with Gasteiger partial charge in [0, 0.05) is 5.02 Å². The lowest BCUT2D eigenvalue weighted by atomic mass is 10.0. The lowest BCUT2D eigenvalue weighted by Crippen LogP contribution is -2.32. The van der Waals surface area contributed by atoms with E-state index >= 15 is 0 Å². The van der Waals surface area contributed by atoms with Gasteiger partial charge in [-0.2, -0.15) is 13.2 Å². The lowest BCUT2D eigenvalue weighted by molar-refractivity contribution is -0.139. The quantitative estimate of drug-likeness (QED) is 0.918. The predicted octanol–water partition coefficient (Wildman–Crippen LogP) is 4.06. The van der Waals surface area contributed by atoms with Gasteiger partial charge in [0.15, 0.2) is 12.1 Å². The highest BCUT2D eigenvalue weighted by Gasteiger charge is 2.34. The number of carbonyl (C=O) groups excluding carboxylic acids is 1. The van der Waals surface area contributed by atoms with Gasteiger partial charge in [-0.1, -0.05) is 23.7 Å². The molecule has 0 saturated heterocycles. The van der Waals surface area contributed by atoms with Crippen LogP contribution in [-0.4, -0.2) is 17.1 Å². The van der Waals surface area contributed by atoms with Crippen molar-refractivity contribution in [2.24, 2.45) is 0 Å². The third kappa shape index (κ3) is 4.24. The van der Waals surface area contributed by atoms with Crippen LogP contribution in [0.15, 0.2) is 35.1 Å². The van der Waals surface area contributed by atoms with Crippen LogP contribution in [0.5, 0.6) is 0 Å². The average molecular weight is 333 g/mol. The number of benzene rings is 1. The topological polar surface area (TPSA) is 55.1 Å². The van der Waals surface area contributed by atoms with Gasteiger partial charge < -0.3 is 9.73 Å². The number of hydrogen-bond donors (Lipinski definition) is 1. The first-order valence-corrected chi connectivity index (χ1v) is 6.67. The predicted molar refractivity (Wildman–Crippen MR) is 73.6 cm³/mol. The summed E-state index contributed by atoms with van der Waals surface area (Å²) < 4.78 is 43.1. The van der Waals surface area contributed by atoms with E-state index in [1.54, 1.807) is 0 Å². The molecule has 0 unspecified atom stereocenters. The normalized spacial score (nSPS) is 13.0. The molecule has 2 rings (SSSR count). The van der Waals surface area contributed by atoms with Gasteiger partial charge in [-0.25, -0.2) is 4.98 Å². The fourth-order valence-electron chi connectivity index (χ4n) is 1.93. The summed E-state index contributed by atoms with van der Waals surface area (Å²) in [6.07, 6.45) is -4.57. The molecule has 0 aliphatic carbocycles. The van der Waals surface area contributed by atoms with E-state index in [-0.39, 0.29) is 11.5 Å². The molecule has 0 fully saturated rings. The van der Waals surface area contributed by atoms with Gasteiger partial charge in [0.1, 0.15) is 5.76 Å². The Labute approximate surface area is 129 Å². The number of alkyl halides is 3. The van der Waals surface area contributed by atoms with Crippen LogP contribution < -0.4 is 5.32 Å². The van der Waals surface area contributed by atoms with Gasteiger partial charge in [0.2, 0.25) is 0 Å². The molecule has 0 spiro atoms. The number of nitrogens with zero attached hydrogens (tertiary/aromatic N) is 1. The number of aromatic nitrogens is 1. The molecule has 1 amide bonds. The molecule has 0 radical (unpaired) electrons. The highest BCUT2D eigenvalue weighted by molar-refractivity contribution is 6.30. The maximum absolute atomic E-state index is 12.7. The molecule has 0 aliphatic rings. The summed E-state index contributed by atoms with van der Waals surface area (Å²) in [6.45, 7) is 1.50. The van der Waals surface area contributed by atoms with Crippen molar-refractivity contribution < 1.29 is 22.4 Å². The van der Waals surface area contributed by atoms with Crippen molar-refractivity contribution in [1.29, 1.82) is 0 Å². The Morgan fingerprint density at radius 2 is 2.00 bits per heavy atom. The van der Waals surface area contributed by atoms with Crippen LogP contribution in [0.2, 0.25) is 5.02 Å². The van der Waals surface area contributed by atoms with Crippen molar-refractivity contribution in [3.8, 4) is 0 Å². The molecular formula is C14H12ClF3N2O2. The van der Waals surface area contributed by atoms with Gasteiger partial charge in [0.25, 0.3) is 5.91 Å². The molecule has 2 aromatic rings. The maximum Gasteiger partial charge on any atom is 0.391 e. The number of amides is 1. The standard InChI is InChI=1S/C14H12ClF3N2O2/c1-8-12(19-7-22-8)13(21)20-11(6-14(16,17)18)9-2-4-10(15)5-3-9/h2-5,7,11H,6H2,1H3,(H,20,21)/t11-/m0/s1. The number of nitrogens with one attached hydrogen (secondary N) is 1. The summed E-state index contributed by atoms with van der Waals surface area (Å²) in [6, 6.07) is 4.58. The number of halogens is 4. The van der Waals surface area contributed by atoms with Crippen molar-refractivity contribution in [2.45, 2.75) is 25.6 Å². The van der Waals surface area contributed by atoms with Crippen LogP contribution >= 0.6 is 11.6 Å². The first-order valence-electron chi connectivity index (χ1n) is 6.29. The zero-order chi connectivity index (χ0) is 16.3. The van der Waals surface area contributed by atoms with Crippen LogP contribution in [0, 0.1) is 6.92 Å². The highest BCUT2D eigenvalue weighted by Crippen LogP contribution is 2.30. The summed E-state index contributed by atoms with van der Waals surface area (Å²) in [7, 11) is 0. The van der Waals surface area contributed by atoms with E-state index in [1.807, 2.05) is 0 Å². The van der Waals surface area contributed by atoms with Gasteiger partial charge in [-0.15, -0.1) is 0 Å². The molecule has 1 aromatic heterocycles. The van der Waals surface area contributed by atoms with E-state index in [4.69, 9.17) is 16.0 Å². The Bertz CT molecular complexity index is 653. The second kappa shape index (κ2) is 6.39. The van der Waals surface area contributed by atoms with Crippen LogP contribution in [0.4, 0.5) is 13.2 Å². The number of hydrogen-bond acceptors (Lipinski definition) is 3. The van der Waals surface area contributed by atoms with Crippen LogP contribution in [0.25, 0.3) is 0 Å². The largest absolute Gasteiger partial charge is 0.448 e. The molecule has 118 valence electrons. The lowest BCUT2D eigenvalue weighted by Gasteiger charge is -2.20. The third-order valence-corrected chi connectivity index (χ3v) is 3.23. The van der Waals surface area contributed by atoms with E-state index in [0.717, 1.165) is 6.39 Å². The molecule has 1 aromatic carbocycles. The summed E-state index contributed by atoms with van der Waals surface area (Å²) >= 11 is 5.73. The Hall–Kier alpha value is -2.02. The van der Waals surface area contributed by atoms with E-state index < -0.39 is 24.5 Å². The monoisotopic (exact) mass is 332 g/mol. The van der Waals surface area contributed by atoms with Crippen molar-refractivity contribution in [3.63, 3.8) is 0 Å². The average Bonchev–Trinajstić information content (AvgIpc) is 2.83. The van der Waals surface area contributed by atoms with Crippen molar-refractivity contribution in [1.82, 2.24) is 10.3 Å². The Kier molecular flexibility index (Phi) is 4.75. The molecule has 1 heterocycles. The molecule has 0 saturated carbocycles. The molecule has 1 N–H and O–H groups in total. The molecule has 1 atom stereocenters. The van der Waals surface area contributed by atoms with Gasteiger partial charge in [0.05, 0.1) is 12.5 Å². The van der Waals surface area contributed by atoms with E-state index in [1.165, 1.54) is 31.2 Å². The molecule has 22 heavy (non-hydrogen) atoms. The number of aryl methyl sites for hydroxylation is 1. The summed E-state index contributed by atoms with van der Waals surface area (Å²) in [5.74, 6) is -0.491. The number of carbonyl (C=O) groups is 1. The van der Waals surface area contributed by atoms with E-state index in [0.29, 0.717) is 10.6 Å². The zero-order valence-corrected chi connectivity index (χ0v) is 12.2. The van der Waals surface area contributed by atoms with Crippen molar-refractivity contribution >= 4 is 17.5 Å². The SMILES string of the molecule is Cc1ocnc1C(=O)N[C@@H](CC(F)(F)F)c1ccc(Cl)cc1. The van der Waals surface area contributed by atoms with Crippen LogP contribution in [0.1, 0.15) is 34.3 Å². The maximum atomic E-state index is 12.7. The minimum absolute atomic E-state index is 0.0406. The van der Waals surface area contributed by atoms with Crippen LogP contribution in [0.3, 0.4) is 0 Å². The van der Waals surface area contributed by atoms with Crippen molar-refractivity contribution in [3.05, 3.63) is 52.7 Å². The second-order valence-corrected chi connectivity index (χ2v) is 5.09. The summed E-state index contributed by atoms with van der Waals surface area (Å²) in [4.78, 5) is 15.7. The summed E-state index contributed by atoms with van der Waals surface area (Å²) in [5, 5.41) is 2.72. The van der Waals surface area contributed by atoms with E-state index in [2.05, 4.69) is 10.3 Å². The number of rotatable bonds is 4. The minimum atomic E-state index is -4.43. The Morgan fingerprint density at radius 3 is 2.50 bits per heavy atom. The summed E-state index contributed by atoms with van der Waals surface area (Å²) in [5.41, 5.74) is 0.261. The Morgan fingerprint density at radius 1 is 1.36 bits per heavy atom. The highest BCUT2D eigenvalue weighted by atomic mass is 35.5. The fraction of sp³-hybridized carbons (Fsp3) is 0.286. The van der Waals surface area contributed by atoms with Gasteiger partial charge in [-0.3, -0.25) is 4.79 Å². The molecule has 8 heteroatoms. The third-order valence-electron chi connectivity index (χ3n) is 2.97. The van der Waals surface area contributed by atoms with Gasteiger partial charge >= 0.3 is 6.18 Å². The van der Waals surface area contributed by atoms with E-state index in [9.17, 15) is 18.0 Å². The zero-order valence-electron chi connectivity index (χ0n) is 11.4. The minimum Gasteiger partial charge on any atom is -0.448 e. The molecular weight excluding hydrogens is 321 g/mol. The molecule has 4 nitrogen and oxygen atoms in total. The molecule has 0 aliphatic heterocycles. The number of oxazole rings is 1. The van der Waals surface area contributed by atoms with Crippen molar-refractivity contribution in [2.75, 3.05) is 0 Å². The first kappa shape index (κ1) is 16.4. The van der Waals surface area contributed by atoms with Gasteiger partial charge in [-0.05, 0) is 24.6 Å². The second-order valence-electron chi connectivity index (χ2n) is 4.65. The fourth-order valence-corrected chi connectivity index (χ4v) is 2.05. The first-order chi connectivity index (χ1) is 10.3. The Balaban J connectivity index is 2.23.